The smallest absolute Gasteiger partial charge is 0.129 e. The number of hydrogen-bond acceptors (Lipinski definition) is 6. The molecule has 2 fully saturated rings. The Kier molecular flexibility index (Phi) is 10.4. The van der Waals surface area contributed by atoms with Crippen molar-refractivity contribution in [2.75, 3.05) is 53.0 Å². The summed E-state index contributed by atoms with van der Waals surface area (Å²) < 4.78 is 11.3. The summed E-state index contributed by atoms with van der Waals surface area (Å²) in [5.41, 5.74) is 4.77. The maximum Gasteiger partial charge on any atom is 0.129 e. The molecule has 6 heteroatoms. The van der Waals surface area contributed by atoms with Gasteiger partial charge in [0.2, 0.25) is 0 Å². The van der Waals surface area contributed by atoms with Crippen LogP contribution in [-0.2, 0) is 11.4 Å². The predicted molar refractivity (Wildman–Crippen MR) is 151 cm³/mol. The first-order chi connectivity index (χ1) is 18.2. The fourth-order valence-corrected chi connectivity index (χ4v) is 5.21. The van der Waals surface area contributed by atoms with Crippen LogP contribution < -0.4 is 9.47 Å². The van der Waals surface area contributed by atoms with Gasteiger partial charge < -0.3 is 19.2 Å². The summed E-state index contributed by atoms with van der Waals surface area (Å²) >= 11 is 0. The highest BCUT2D eigenvalue weighted by atomic mass is 16.6. The van der Waals surface area contributed by atoms with Gasteiger partial charge in [0.1, 0.15) is 18.1 Å². The molecule has 4 rings (SSSR count). The van der Waals surface area contributed by atoms with E-state index in [9.17, 15) is 0 Å². The maximum atomic E-state index is 5.87. The molecular formula is C31H43N3O3. The van der Waals surface area contributed by atoms with Crippen LogP contribution in [0.15, 0.2) is 59.3 Å². The second-order valence-electron chi connectivity index (χ2n) is 10.1. The van der Waals surface area contributed by atoms with Crippen LogP contribution in [-0.4, -0.2) is 68.6 Å². The Morgan fingerprint density at radius 3 is 2.57 bits per heavy atom. The van der Waals surface area contributed by atoms with Gasteiger partial charge in [0.25, 0.3) is 0 Å². The molecule has 0 spiro atoms. The van der Waals surface area contributed by atoms with Crippen molar-refractivity contribution in [3.05, 3.63) is 65.2 Å². The lowest BCUT2D eigenvalue weighted by Crippen LogP contribution is -2.46. The molecule has 0 bridgehead atoms. The Bertz CT molecular complexity index is 1030. The highest BCUT2D eigenvalue weighted by Gasteiger charge is 2.22. The summed E-state index contributed by atoms with van der Waals surface area (Å²) in [5, 5.41) is 4.64. The number of methoxy groups -OCH3 is 1. The van der Waals surface area contributed by atoms with E-state index in [1.165, 1.54) is 17.6 Å². The van der Waals surface area contributed by atoms with Gasteiger partial charge in [-0.15, -0.1) is 0 Å². The lowest BCUT2D eigenvalue weighted by molar-refractivity contribution is 0.0996. The van der Waals surface area contributed by atoms with Gasteiger partial charge in [-0.1, -0.05) is 42.4 Å². The topological polar surface area (TPSA) is 46.5 Å². The van der Waals surface area contributed by atoms with Crippen molar-refractivity contribution in [1.82, 2.24) is 9.80 Å². The zero-order valence-electron chi connectivity index (χ0n) is 22.8. The van der Waals surface area contributed by atoms with E-state index in [0.29, 0.717) is 19.1 Å². The van der Waals surface area contributed by atoms with Crippen LogP contribution in [0.25, 0.3) is 6.08 Å². The van der Waals surface area contributed by atoms with Crippen LogP contribution in [0.1, 0.15) is 50.7 Å². The van der Waals surface area contributed by atoms with E-state index >= 15 is 0 Å². The monoisotopic (exact) mass is 505 g/mol. The van der Waals surface area contributed by atoms with Crippen LogP contribution in [0.2, 0.25) is 0 Å². The van der Waals surface area contributed by atoms with Gasteiger partial charge in [0.15, 0.2) is 0 Å². The van der Waals surface area contributed by atoms with E-state index in [4.69, 9.17) is 14.3 Å². The maximum absolute atomic E-state index is 5.87. The van der Waals surface area contributed by atoms with E-state index in [1.807, 2.05) is 19.1 Å². The van der Waals surface area contributed by atoms with Gasteiger partial charge in [-0.05, 0) is 62.0 Å². The SMILES string of the molecule is CCOc1ccc(/C=C2\CCC[C@@H](C)\C2=N/OCCCN2CCN(Cc3ccccc3)CC2)c(OC)c1. The van der Waals surface area contributed by atoms with Crippen molar-refractivity contribution >= 4 is 11.8 Å². The molecule has 6 nitrogen and oxygen atoms in total. The molecule has 37 heavy (non-hydrogen) atoms. The van der Waals surface area contributed by atoms with Crippen LogP contribution in [0.3, 0.4) is 0 Å². The molecule has 0 radical (unpaired) electrons. The fourth-order valence-electron chi connectivity index (χ4n) is 5.21. The van der Waals surface area contributed by atoms with Gasteiger partial charge in [0, 0.05) is 56.8 Å². The van der Waals surface area contributed by atoms with Crippen molar-refractivity contribution in [2.24, 2.45) is 11.1 Å². The third kappa shape index (κ3) is 8.08. The number of piperazine rings is 1. The Morgan fingerprint density at radius 1 is 1.03 bits per heavy atom. The molecule has 2 aromatic rings. The highest BCUT2D eigenvalue weighted by Crippen LogP contribution is 2.32. The Hall–Kier alpha value is -2.83. The second kappa shape index (κ2) is 14.2. The largest absolute Gasteiger partial charge is 0.496 e. The number of oxime groups is 1. The number of hydrogen-bond donors (Lipinski definition) is 0. The number of nitrogens with zero attached hydrogens (tertiary/aromatic N) is 3. The first kappa shape index (κ1) is 27.2. The normalized spacial score (nSPS) is 21.3. The minimum atomic E-state index is 0.395. The first-order valence-electron chi connectivity index (χ1n) is 13.9. The number of rotatable bonds is 11. The third-order valence-electron chi connectivity index (χ3n) is 7.31. The van der Waals surface area contributed by atoms with Crippen LogP contribution in [0.5, 0.6) is 11.5 Å². The summed E-state index contributed by atoms with van der Waals surface area (Å²) in [7, 11) is 1.71. The molecule has 1 aliphatic carbocycles. The number of ether oxygens (including phenoxy) is 2. The summed E-state index contributed by atoms with van der Waals surface area (Å²) in [6.07, 6.45) is 6.53. The predicted octanol–water partition coefficient (Wildman–Crippen LogP) is 5.88. The average molecular weight is 506 g/mol. The van der Waals surface area contributed by atoms with Crippen molar-refractivity contribution in [2.45, 2.75) is 46.1 Å². The van der Waals surface area contributed by atoms with E-state index in [1.54, 1.807) is 7.11 Å². The summed E-state index contributed by atoms with van der Waals surface area (Å²) in [4.78, 5) is 11.0. The molecule has 0 aromatic heterocycles. The molecule has 2 aliphatic rings. The van der Waals surface area contributed by atoms with Gasteiger partial charge in [0.05, 0.1) is 19.4 Å². The summed E-state index contributed by atoms with van der Waals surface area (Å²) in [5.74, 6) is 2.04. The quantitative estimate of drug-likeness (QED) is 0.282. The average Bonchev–Trinajstić information content (AvgIpc) is 2.92. The van der Waals surface area contributed by atoms with Crippen LogP contribution in [0, 0.1) is 5.92 Å². The molecule has 1 atom stereocenters. The van der Waals surface area contributed by atoms with E-state index in [-0.39, 0.29) is 0 Å². The van der Waals surface area contributed by atoms with Gasteiger partial charge in [-0.3, -0.25) is 4.90 Å². The third-order valence-corrected chi connectivity index (χ3v) is 7.31. The standard InChI is InChI=1S/C31H43N3O3/c1-4-36-29-15-14-27(30(23-29)35-3)22-28-13-8-10-25(2)31(28)32-37-21-9-16-33-17-19-34(20-18-33)24-26-11-6-5-7-12-26/h5-7,11-12,14-15,22-23,25H,4,8-10,13,16-21,24H2,1-3H3/b28-22+,32-31+/t25-/m1/s1. The molecule has 1 saturated heterocycles. The first-order valence-corrected chi connectivity index (χ1v) is 13.9. The Morgan fingerprint density at radius 2 is 1.81 bits per heavy atom. The van der Waals surface area contributed by atoms with E-state index in [2.05, 4.69) is 64.4 Å². The van der Waals surface area contributed by atoms with Gasteiger partial charge >= 0.3 is 0 Å². The zero-order valence-corrected chi connectivity index (χ0v) is 22.8. The Balaban J connectivity index is 1.26. The highest BCUT2D eigenvalue weighted by molar-refractivity contribution is 6.05. The van der Waals surface area contributed by atoms with E-state index in [0.717, 1.165) is 81.3 Å². The summed E-state index contributed by atoms with van der Waals surface area (Å²) in [6, 6.07) is 16.8. The molecule has 0 N–H and O–H groups in total. The van der Waals surface area contributed by atoms with Crippen LogP contribution in [0.4, 0.5) is 0 Å². The van der Waals surface area contributed by atoms with Gasteiger partial charge in [-0.25, -0.2) is 0 Å². The second-order valence-corrected chi connectivity index (χ2v) is 10.1. The molecule has 1 saturated carbocycles. The fraction of sp³-hybridized carbons (Fsp3) is 0.516. The molecule has 0 unspecified atom stereocenters. The van der Waals surface area contributed by atoms with Gasteiger partial charge in [-0.2, -0.15) is 0 Å². The molecule has 1 heterocycles. The molecule has 200 valence electrons. The Labute approximate surface area is 222 Å². The van der Waals surface area contributed by atoms with Crippen molar-refractivity contribution in [3.8, 4) is 11.5 Å². The molecule has 0 amide bonds. The van der Waals surface area contributed by atoms with Crippen molar-refractivity contribution in [1.29, 1.82) is 0 Å². The minimum absolute atomic E-state index is 0.395. The minimum Gasteiger partial charge on any atom is -0.496 e. The van der Waals surface area contributed by atoms with Crippen molar-refractivity contribution < 1.29 is 14.3 Å². The van der Waals surface area contributed by atoms with E-state index < -0.39 is 0 Å². The summed E-state index contributed by atoms with van der Waals surface area (Å²) in [6.45, 7) is 12.1. The lowest BCUT2D eigenvalue weighted by Gasteiger charge is -2.34. The number of allylic oxidation sites excluding steroid dienone is 1. The lowest BCUT2D eigenvalue weighted by atomic mass is 9.84. The van der Waals surface area contributed by atoms with Crippen LogP contribution >= 0.6 is 0 Å². The molecule has 1 aliphatic heterocycles. The van der Waals surface area contributed by atoms with Crippen molar-refractivity contribution in [3.63, 3.8) is 0 Å². The molecular weight excluding hydrogens is 462 g/mol. The zero-order chi connectivity index (χ0) is 25.9. The number of benzene rings is 2. The molecule has 2 aromatic carbocycles.